The Hall–Kier alpha value is -4.02. The average Bonchev–Trinajstić information content (AvgIpc) is 3.59. The van der Waals surface area contributed by atoms with Crippen molar-refractivity contribution in [3.8, 4) is 23.4 Å². The van der Waals surface area contributed by atoms with Crippen molar-refractivity contribution in [2.24, 2.45) is 0 Å². The molecule has 1 aliphatic heterocycles. The number of oxazole rings is 1. The number of sulfone groups is 1. The van der Waals surface area contributed by atoms with E-state index in [2.05, 4.69) is 31.5 Å². The fourth-order valence-electron chi connectivity index (χ4n) is 3.75. The highest BCUT2D eigenvalue weighted by molar-refractivity contribution is 7.90. The molecular weight excluding hydrogens is 460 g/mol. The first kappa shape index (κ1) is 21.8. The summed E-state index contributed by atoms with van der Waals surface area (Å²) < 4.78 is 36.2. The van der Waals surface area contributed by atoms with Gasteiger partial charge in [0.25, 0.3) is 5.89 Å². The molecule has 1 fully saturated rings. The van der Waals surface area contributed by atoms with Crippen LogP contribution in [0.25, 0.3) is 17.3 Å². The van der Waals surface area contributed by atoms with E-state index in [1.54, 1.807) is 28.9 Å². The van der Waals surface area contributed by atoms with Crippen LogP contribution >= 0.6 is 0 Å². The first-order chi connectivity index (χ1) is 16.4. The number of nitrogens with zero attached hydrogens (tertiary/aromatic N) is 8. The first-order valence-electron chi connectivity index (χ1n) is 10.4. The molecule has 1 aromatic carbocycles. The van der Waals surface area contributed by atoms with Gasteiger partial charge in [0, 0.05) is 32.4 Å². The van der Waals surface area contributed by atoms with Crippen LogP contribution in [0.4, 0.5) is 5.88 Å². The summed E-state index contributed by atoms with van der Waals surface area (Å²) in [7, 11) is -3.28. The van der Waals surface area contributed by atoms with Crippen LogP contribution in [0.1, 0.15) is 11.5 Å². The Morgan fingerprint density at radius 2 is 1.88 bits per heavy atom. The Morgan fingerprint density at radius 3 is 2.53 bits per heavy atom. The van der Waals surface area contributed by atoms with Crippen molar-refractivity contribution in [1.29, 1.82) is 5.26 Å². The molecule has 0 bridgehead atoms. The normalized spacial score (nSPS) is 14.9. The van der Waals surface area contributed by atoms with E-state index < -0.39 is 9.84 Å². The van der Waals surface area contributed by atoms with E-state index in [9.17, 15) is 13.7 Å². The SMILES string of the molecule is CS(=O)(=O)c1ccc(-n2nnnc2CN2CCN(c3oc(-c4ccco4)nc3C#N)CC2)cc1. The number of nitriles is 1. The first-order valence-corrected chi connectivity index (χ1v) is 12.3. The maximum Gasteiger partial charge on any atom is 0.266 e. The minimum atomic E-state index is -3.28. The molecule has 0 aliphatic carbocycles. The van der Waals surface area contributed by atoms with Crippen molar-refractivity contribution in [1.82, 2.24) is 30.1 Å². The van der Waals surface area contributed by atoms with Crippen LogP contribution in [-0.2, 0) is 16.4 Å². The molecule has 3 aromatic heterocycles. The van der Waals surface area contributed by atoms with Crippen molar-refractivity contribution in [2.75, 3.05) is 37.3 Å². The Labute approximate surface area is 194 Å². The van der Waals surface area contributed by atoms with Gasteiger partial charge in [-0.05, 0) is 46.8 Å². The van der Waals surface area contributed by atoms with Crippen molar-refractivity contribution in [3.63, 3.8) is 0 Å². The lowest BCUT2D eigenvalue weighted by Gasteiger charge is -2.34. The molecule has 0 spiro atoms. The molecule has 0 saturated carbocycles. The van der Waals surface area contributed by atoms with Gasteiger partial charge in [0.05, 0.1) is 23.4 Å². The van der Waals surface area contributed by atoms with E-state index in [1.165, 1.54) is 24.7 Å². The summed E-state index contributed by atoms with van der Waals surface area (Å²) in [6.45, 7) is 3.16. The van der Waals surface area contributed by atoms with Gasteiger partial charge >= 0.3 is 0 Å². The molecule has 1 saturated heterocycles. The second-order valence-electron chi connectivity index (χ2n) is 7.80. The molecule has 0 amide bonds. The molecule has 34 heavy (non-hydrogen) atoms. The number of piperazine rings is 1. The van der Waals surface area contributed by atoms with Crippen molar-refractivity contribution in [2.45, 2.75) is 11.4 Å². The van der Waals surface area contributed by atoms with E-state index in [0.717, 1.165) is 0 Å². The van der Waals surface area contributed by atoms with Gasteiger partial charge in [0.2, 0.25) is 11.6 Å². The standard InChI is InChI=1S/C21H20N8O4S/c1-34(30,31)16-6-4-15(5-7-16)29-19(24-25-26-29)14-27-8-10-28(11-9-27)21-17(13-22)23-20(33-21)18-3-2-12-32-18/h2-7,12H,8-11,14H2,1H3. The summed E-state index contributed by atoms with van der Waals surface area (Å²) in [6, 6.07) is 12.0. The molecule has 5 rings (SSSR count). The molecule has 0 radical (unpaired) electrons. The number of aromatic nitrogens is 5. The van der Waals surface area contributed by atoms with E-state index in [1.807, 2.05) is 4.90 Å². The fraction of sp³-hybridized carbons (Fsp3) is 0.286. The predicted octanol–water partition coefficient (Wildman–Crippen LogP) is 1.51. The number of hydrogen-bond acceptors (Lipinski definition) is 11. The summed E-state index contributed by atoms with van der Waals surface area (Å²) in [4.78, 5) is 8.67. The predicted molar refractivity (Wildman–Crippen MR) is 119 cm³/mol. The molecule has 0 atom stereocenters. The Bertz CT molecular complexity index is 1430. The molecular formula is C21H20N8O4S. The highest BCUT2D eigenvalue weighted by atomic mass is 32.2. The monoisotopic (exact) mass is 480 g/mol. The summed E-state index contributed by atoms with van der Waals surface area (Å²) >= 11 is 0. The van der Waals surface area contributed by atoms with Crippen molar-refractivity contribution >= 4 is 15.7 Å². The Kier molecular flexibility index (Phi) is 5.60. The van der Waals surface area contributed by atoms with Gasteiger partial charge in [-0.25, -0.2) is 8.42 Å². The molecule has 174 valence electrons. The van der Waals surface area contributed by atoms with Crippen molar-refractivity contribution in [3.05, 3.63) is 54.2 Å². The summed E-state index contributed by atoms with van der Waals surface area (Å²) in [5.74, 6) is 1.82. The summed E-state index contributed by atoms with van der Waals surface area (Å²) in [5.41, 5.74) is 0.901. The van der Waals surface area contributed by atoms with Gasteiger partial charge in [0.1, 0.15) is 6.07 Å². The second-order valence-corrected chi connectivity index (χ2v) is 9.81. The van der Waals surface area contributed by atoms with Crippen LogP contribution in [0.3, 0.4) is 0 Å². The summed E-state index contributed by atoms with van der Waals surface area (Å²) in [5, 5.41) is 21.5. The zero-order chi connectivity index (χ0) is 23.7. The van der Waals surface area contributed by atoms with E-state index in [4.69, 9.17) is 8.83 Å². The van der Waals surface area contributed by atoms with Crippen LogP contribution < -0.4 is 4.90 Å². The van der Waals surface area contributed by atoms with Gasteiger partial charge in [-0.15, -0.1) is 5.10 Å². The highest BCUT2D eigenvalue weighted by Crippen LogP contribution is 2.29. The van der Waals surface area contributed by atoms with Gasteiger partial charge < -0.3 is 13.7 Å². The van der Waals surface area contributed by atoms with E-state index in [-0.39, 0.29) is 16.5 Å². The van der Waals surface area contributed by atoms with Crippen LogP contribution in [0.5, 0.6) is 0 Å². The zero-order valence-electron chi connectivity index (χ0n) is 18.2. The topological polar surface area (TPSA) is 147 Å². The molecule has 1 aliphatic rings. The lowest BCUT2D eigenvalue weighted by molar-refractivity contribution is 0.238. The number of rotatable bonds is 6. The molecule has 12 nitrogen and oxygen atoms in total. The lowest BCUT2D eigenvalue weighted by Crippen LogP contribution is -2.46. The largest absolute Gasteiger partial charge is 0.459 e. The third-order valence-electron chi connectivity index (χ3n) is 5.52. The third-order valence-corrected chi connectivity index (χ3v) is 6.64. The minimum Gasteiger partial charge on any atom is -0.459 e. The van der Waals surface area contributed by atoms with Gasteiger partial charge in [0.15, 0.2) is 21.4 Å². The maximum atomic E-state index is 11.7. The van der Waals surface area contributed by atoms with Gasteiger partial charge in [-0.3, -0.25) is 4.90 Å². The zero-order valence-corrected chi connectivity index (χ0v) is 19.0. The lowest BCUT2D eigenvalue weighted by atomic mass is 10.3. The van der Waals surface area contributed by atoms with Crippen LogP contribution in [-0.4, -0.2) is 70.9 Å². The molecule has 4 aromatic rings. The number of tetrazole rings is 1. The molecule has 0 unspecified atom stereocenters. The quantitative estimate of drug-likeness (QED) is 0.395. The van der Waals surface area contributed by atoms with Crippen LogP contribution in [0.2, 0.25) is 0 Å². The minimum absolute atomic E-state index is 0.223. The number of furan rings is 1. The van der Waals surface area contributed by atoms with E-state index in [0.29, 0.717) is 55.9 Å². The maximum absolute atomic E-state index is 11.7. The average molecular weight is 481 g/mol. The highest BCUT2D eigenvalue weighted by Gasteiger charge is 2.26. The molecule has 0 N–H and O–H groups in total. The van der Waals surface area contributed by atoms with Gasteiger partial charge in [-0.2, -0.15) is 14.9 Å². The molecule has 4 heterocycles. The number of benzene rings is 1. The smallest absolute Gasteiger partial charge is 0.266 e. The van der Waals surface area contributed by atoms with Crippen molar-refractivity contribution < 1.29 is 17.3 Å². The number of anilines is 1. The number of hydrogen-bond donors (Lipinski definition) is 0. The Balaban J connectivity index is 1.26. The third kappa shape index (κ3) is 4.28. The summed E-state index contributed by atoms with van der Waals surface area (Å²) in [6.07, 6.45) is 2.69. The van der Waals surface area contributed by atoms with Gasteiger partial charge in [-0.1, -0.05) is 0 Å². The fourth-order valence-corrected chi connectivity index (χ4v) is 4.38. The Morgan fingerprint density at radius 1 is 1.12 bits per heavy atom. The molecule has 13 heteroatoms. The van der Waals surface area contributed by atoms with Crippen LogP contribution in [0, 0.1) is 11.3 Å². The van der Waals surface area contributed by atoms with E-state index >= 15 is 0 Å². The van der Waals surface area contributed by atoms with Crippen LogP contribution in [0.15, 0.2) is 56.4 Å². The second kappa shape index (κ2) is 8.73.